The van der Waals surface area contributed by atoms with Crippen molar-refractivity contribution in [2.24, 2.45) is 0 Å². The van der Waals surface area contributed by atoms with Crippen LogP contribution in [0.15, 0.2) is 95.5 Å². The number of benzene rings is 4. The van der Waals surface area contributed by atoms with E-state index in [0.717, 1.165) is 38.4 Å². The first-order valence-electron chi connectivity index (χ1n) is 13.3. The van der Waals surface area contributed by atoms with Crippen molar-refractivity contribution in [3.8, 4) is 5.75 Å². The van der Waals surface area contributed by atoms with Crippen LogP contribution in [0.4, 0.5) is 0 Å². The Morgan fingerprint density at radius 3 is 2.31 bits per heavy atom. The Bertz CT molecular complexity index is 1410. The fourth-order valence-electron chi connectivity index (χ4n) is 4.43. The molecule has 0 aliphatic carbocycles. The molecule has 6 heteroatoms. The number of hydrogen-bond donors (Lipinski definition) is 1. The van der Waals surface area contributed by atoms with Gasteiger partial charge in [-0.2, -0.15) is 0 Å². The summed E-state index contributed by atoms with van der Waals surface area (Å²) in [5.74, 6) is 0.164. The molecule has 0 spiro atoms. The molecule has 0 aliphatic rings. The Balaban J connectivity index is 1.64. The lowest BCUT2D eigenvalue weighted by Gasteiger charge is -2.32. The first kappa shape index (κ1) is 28.4. The van der Waals surface area contributed by atoms with Crippen LogP contribution in [-0.4, -0.2) is 35.4 Å². The molecule has 4 rings (SSSR count). The lowest BCUT2D eigenvalue weighted by molar-refractivity contribution is -0.143. The number of carbonyl (C=O) groups is 2. The maximum Gasteiger partial charge on any atom is 0.261 e. The van der Waals surface area contributed by atoms with Gasteiger partial charge in [-0.15, -0.1) is 0 Å². The summed E-state index contributed by atoms with van der Waals surface area (Å²) in [6.07, 6.45) is 1.20. The first-order chi connectivity index (χ1) is 18.9. The SMILES string of the molecule is CC[C@@H](C)NC(=O)[C@H](Cc1ccccc1)N(Cc1ccc(C)cc1)C(=O)COc1ccc2ccccc2c1Br. The highest BCUT2D eigenvalue weighted by molar-refractivity contribution is 9.10. The van der Waals surface area contributed by atoms with Crippen LogP contribution in [0, 0.1) is 6.92 Å². The molecule has 2 atom stereocenters. The second-order valence-electron chi connectivity index (χ2n) is 9.92. The van der Waals surface area contributed by atoms with Gasteiger partial charge in [0.25, 0.3) is 5.91 Å². The van der Waals surface area contributed by atoms with Gasteiger partial charge in [0.15, 0.2) is 6.61 Å². The van der Waals surface area contributed by atoms with E-state index in [1.165, 1.54) is 0 Å². The molecule has 0 fully saturated rings. The summed E-state index contributed by atoms with van der Waals surface area (Å²) >= 11 is 3.65. The molecule has 0 saturated carbocycles. The molecule has 39 heavy (non-hydrogen) atoms. The van der Waals surface area contributed by atoms with Crippen LogP contribution < -0.4 is 10.1 Å². The van der Waals surface area contributed by atoms with Crippen LogP contribution in [-0.2, 0) is 22.6 Å². The number of carbonyl (C=O) groups excluding carboxylic acids is 2. The monoisotopic (exact) mass is 586 g/mol. The van der Waals surface area contributed by atoms with E-state index in [2.05, 4.69) is 21.2 Å². The maximum absolute atomic E-state index is 13.9. The Kier molecular flexibility index (Phi) is 9.77. The molecule has 202 valence electrons. The fourth-order valence-corrected chi connectivity index (χ4v) is 5.04. The van der Waals surface area contributed by atoms with E-state index in [1.54, 1.807) is 4.90 Å². The number of nitrogens with one attached hydrogen (secondary N) is 1. The number of amides is 2. The van der Waals surface area contributed by atoms with Gasteiger partial charge >= 0.3 is 0 Å². The van der Waals surface area contributed by atoms with E-state index in [1.807, 2.05) is 112 Å². The minimum Gasteiger partial charge on any atom is -0.483 e. The molecule has 1 N–H and O–H groups in total. The lowest BCUT2D eigenvalue weighted by Crippen LogP contribution is -2.53. The van der Waals surface area contributed by atoms with E-state index in [4.69, 9.17) is 4.74 Å². The highest BCUT2D eigenvalue weighted by Crippen LogP contribution is 2.33. The Hall–Kier alpha value is -3.64. The van der Waals surface area contributed by atoms with E-state index in [0.29, 0.717) is 18.7 Å². The average molecular weight is 588 g/mol. The number of nitrogens with zero attached hydrogens (tertiary/aromatic N) is 1. The van der Waals surface area contributed by atoms with E-state index in [-0.39, 0.29) is 24.5 Å². The molecule has 2 amide bonds. The van der Waals surface area contributed by atoms with Crippen molar-refractivity contribution in [3.63, 3.8) is 0 Å². The Morgan fingerprint density at radius 1 is 0.897 bits per heavy atom. The molecule has 0 radical (unpaired) electrons. The van der Waals surface area contributed by atoms with Crippen molar-refractivity contribution in [1.29, 1.82) is 0 Å². The molecule has 5 nitrogen and oxygen atoms in total. The van der Waals surface area contributed by atoms with Crippen molar-refractivity contribution in [2.75, 3.05) is 6.61 Å². The zero-order valence-corrected chi connectivity index (χ0v) is 24.3. The third kappa shape index (κ3) is 7.48. The van der Waals surface area contributed by atoms with Gasteiger partial charge in [0.1, 0.15) is 11.8 Å². The summed E-state index contributed by atoms with van der Waals surface area (Å²) in [6.45, 7) is 6.14. The smallest absolute Gasteiger partial charge is 0.261 e. The lowest BCUT2D eigenvalue weighted by atomic mass is 10.0. The molecule has 0 heterocycles. The average Bonchev–Trinajstić information content (AvgIpc) is 2.96. The molecule has 0 saturated heterocycles. The predicted molar refractivity (Wildman–Crippen MR) is 161 cm³/mol. The van der Waals surface area contributed by atoms with Gasteiger partial charge < -0.3 is 15.0 Å². The van der Waals surface area contributed by atoms with Gasteiger partial charge in [0, 0.05) is 19.0 Å². The van der Waals surface area contributed by atoms with Gasteiger partial charge in [-0.1, -0.05) is 97.4 Å². The number of fused-ring (bicyclic) bond motifs is 1. The van der Waals surface area contributed by atoms with Gasteiger partial charge in [-0.05, 0) is 64.2 Å². The zero-order valence-electron chi connectivity index (χ0n) is 22.7. The van der Waals surface area contributed by atoms with Crippen molar-refractivity contribution in [2.45, 2.75) is 52.2 Å². The predicted octanol–water partition coefficient (Wildman–Crippen LogP) is 6.84. The van der Waals surface area contributed by atoms with Gasteiger partial charge in [-0.3, -0.25) is 9.59 Å². The quantitative estimate of drug-likeness (QED) is 0.209. The van der Waals surface area contributed by atoms with Crippen molar-refractivity contribution >= 4 is 38.5 Å². The largest absolute Gasteiger partial charge is 0.483 e. The Morgan fingerprint density at radius 2 is 1.59 bits per heavy atom. The first-order valence-corrected chi connectivity index (χ1v) is 14.1. The number of aryl methyl sites for hydroxylation is 1. The highest BCUT2D eigenvalue weighted by Gasteiger charge is 2.31. The standard InChI is InChI=1S/C33H35BrN2O3/c1-4-24(3)35-33(38)29(20-25-10-6-5-7-11-25)36(21-26-16-14-23(2)15-17-26)31(37)22-39-30-19-18-27-12-8-9-13-28(27)32(30)34/h5-19,24,29H,4,20-22H2,1-3H3,(H,35,38)/t24-,29+/m1/s1. The summed E-state index contributed by atoms with van der Waals surface area (Å²) in [5, 5.41) is 5.19. The normalized spacial score (nSPS) is 12.5. The van der Waals surface area contributed by atoms with Crippen molar-refractivity contribution < 1.29 is 14.3 Å². The topological polar surface area (TPSA) is 58.6 Å². The van der Waals surface area contributed by atoms with E-state index >= 15 is 0 Å². The molecule has 0 aliphatic heterocycles. The number of rotatable bonds is 11. The fraction of sp³-hybridized carbons (Fsp3) is 0.273. The molecule has 4 aromatic carbocycles. The van der Waals surface area contributed by atoms with Crippen LogP contribution in [0.25, 0.3) is 10.8 Å². The Labute approximate surface area is 239 Å². The highest BCUT2D eigenvalue weighted by atomic mass is 79.9. The summed E-state index contributed by atoms with van der Waals surface area (Å²) < 4.78 is 6.86. The minimum absolute atomic E-state index is 0.00287. The second-order valence-corrected chi connectivity index (χ2v) is 10.7. The van der Waals surface area contributed by atoms with E-state index in [9.17, 15) is 9.59 Å². The van der Waals surface area contributed by atoms with Crippen LogP contribution in [0.2, 0.25) is 0 Å². The van der Waals surface area contributed by atoms with Gasteiger partial charge in [-0.25, -0.2) is 0 Å². The molecular weight excluding hydrogens is 552 g/mol. The van der Waals surface area contributed by atoms with Crippen molar-refractivity contribution in [1.82, 2.24) is 10.2 Å². The third-order valence-electron chi connectivity index (χ3n) is 6.92. The summed E-state index contributed by atoms with van der Waals surface area (Å²) in [5.41, 5.74) is 3.08. The second kappa shape index (κ2) is 13.4. The number of ether oxygens (including phenoxy) is 1. The van der Waals surface area contributed by atoms with Crippen LogP contribution >= 0.6 is 15.9 Å². The number of halogens is 1. The van der Waals surface area contributed by atoms with Crippen LogP contribution in [0.3, 0.4) is 0 Å². The van der Waals surface area contributed by atoms with Crippen LogP contribution in [0.5, 0.6) is 5.75 Å². The summed E-state index contributed by atoms with van der Waals surface area (Å²) in [4.78, 5) is 29.1. The zero-order chi connectivity index (χ0) is 27.8. The summed E-state index contributed by atoms with van der Waals surface area (Å²) in [6, 6.07) is 29.0. The maximum atomic E-state index is 13.9. The third-order valence-corrected chi connectivity index (χ3v) is 7.74. The molecular formula is C33H35BrN2O3. The molecule has 0 bridgehead atoms. The van der Waals surface area contributed by atoms with Crippen molar-refractivity contribution in [3.05, 3.63) is 112 Å². The van der Waals surface area contributed by atoms with E-state index < -0.39 is 6.04 Å². The van der Waals surface area contributed by atoms with Gasteiger partial charge in [0.05, 0.1) is 4.47 Å². The molecule has 0 aromatic heterocycles. The van der Waals surface area contributed by atoms with Crippen LogP contribution in [0.1, 0.15) is 37.0 Å². The molecule has 0 unspecified atom stereocenters. The minimum atomic E-state index is -0.696. The summed E-state index contributed by atoms with van der Waals surface area (Å²) in [7, 11) is 0. The molecule has 4 aromatic rings. The van der Waals surface area contributed by atoms with Gasteiger partial charge in [0.2, 0.25) is 5.91 Å². The number of hydrogen-bond acceptors (Lipinski definition) is 3.